The van der Waals surface area contributed by atoms with E-state index in [0.29, 0.717) is 11.5 Å². The van der Waals surface area contributed by atoms with Crippen molar-refractivity contribution in [3.05, 3.63) is 54.9 Å². The van der Waals surface area contributed by atoms with Crippen LogP contribution in [0.1, 0.15) is 16.5 Å². The zero-order valence-electron chi connectivity index (χ0n) is 11.3. The maximum Gasteiger partial charge on any atom is 0.141 e. The molecular formula is C15H12Br3ClO2. The minimum Gasteiger partial charge on any atom is -0.495 e. The minimum atomic E-state index is -0.337. The van der Waals surface area contributed by atoms with Gasteiger partial charge in [-0.3, -0.25) is 0 Å². The number of benzene rings is 2. The second-order valence-electron chi connectivity index (χ2n) is 4.27. The zero-order valence-corrected chi connectivity index (χ0v) is 16.8. The van der Waals surface area contributed by atoms with Crippen LogP contribution in [-0.4, -0.2) is 14.2 Å². The van der Waals surface area contributed by atoms with Gasteiger partial charge in [0.05, 0.1) is 19.6 Å². The molecule has 2 nitrogen and oxygen atoms in total. The van der Waals surface area contributed by atoms with Crippen molar-refractivity contribution in [1.29, 1.82) is 0 Å². The molecule has 0 N–H and O–H groups in total. The molecule has 0 spiro atoms. The van der Waals surface area contributed by atoms with E-state index < -0.39 is 0 Å². The first-order chi connectivity index (χ1) is 9.97. The van der Waals surface area contributed by atoms with Crippen LogP contribution >= 0.6 is 59.4 Å². The summed E-state index contributed by atoms with van der Waals surface area (Å²) in [4.78, 5) is 0. The van der Waals surface area contributed by atoms with Gasteiger partial charge in [-0.1, -0.05) is 31.9 Å². The molecule has 1 atom stereocenters. The monoisotopic (exact) mass is 496 g/mol. The molecule has 0 bridgehead atoms. The predicted octanol–water partition coefficient (Wildman–Crippen LogP) is 6.32. The lowest BCUT2D eigenvalue weighted by Crippen LogP contribution is -2.00. The standard InChI is InChI=1S/C15H12Br3ClO2/c1-20-12-4-3-11(15(21-2)13(12)18)14(19)8-5-9(16)7-10(17)6-8/h3-7,14H,1-2H3. The highest BCUT2D eigenvalue weighted by Gasteiger charge is 2.20. The number of alkyl halides is 1. The fourth-order valence-corrected chi connectivity index (χ4v) is 4.33. The maximum absolute atomic E-state index is 6.64. The summed E-state index contributed by atoms with van der Waals surface area (Å²) < 4.78 is 13.4. The average Bonchev–Trinajstić information content (AvgIpc) is 2.45. The Morgan fingerprint density at radius 1 is 0.952 bits per heavy atom. The van der Waals surface area contributed by atoms with Crippen LogP contribution in [0.25, 0.3) is 0 Å². The lowest BCUT2D eigenvalue weighted by Gasteiger charge is -2.18. The summed E-state index contributed by atoms with van der Waals surface area (Å²) >= 11 is 17.1. The van der Waals surface area contributed by atoms with Crippen molar-refractivity contribution < 1.29 is 9.47 Å². The van der Waals surface area contributed by atoms with Crippen LogP contribution in [0.4, 0.5) is 0 Å². The first kappa shape index (κ1) is 17.1. The van der Waals surface area contributed by atoms with E-state index in [4.69, 9.17) is 21.1 Å². The Hall–Kier alpha value is -0.230. The van der Waals surface area contributed by atoms with E-state index in [2.05, 4.69) is 47.8 Å². The van der Waals surface area contributed by atoms with Gasteiger partial charge < -0.3 is 9.47 Å². The molecule has 0 radical (unpaired) electrons. The summed E-state index contributed by atoms with van der Waals surface area (Å²) in [6.45, 7) is 0. The fraction of sp³-hybridized carbons (Fsp3) is 0.200. The van der Waals surface area contributed by atoms with Gasteiger partial charge in [-0.15, -0.1) is 11.6 Å². The van der Waals surface area contributed by atoms with E-state index in [1.807, 2.05) is 30.3 Å². The second kappa shape index (κ2) is 7.36. The molecule has 0 amide bonds. The molecule has 0 aliphatic carbocycles. The van der Waals surface area contributed by atoms with Crippen LogP contribution in [0.5, 0.6) is 11.5 Å². The van der Waals surface area contributed by atoms with Crippen LogP contribution in [0.15, 0.2) is 43.7 Å². The normalized spacial score (nSPS) is 12.1. The van der Waals surface area contributed by atoms with E-state index >= 15 is 0 Å². The second-order valence-corrected chi connectivity index (χ2v) is 7.33. The Morgan fingerprint density at radius 3 is 2.10 bits per heavy atom. The van der Waals surface area contributed by atoms with Gasteiger partial charge >= 0.3 is 0 Å². The average molecular weight is 499 g/mol. The summed E-state index contributed by atoms with van der Waals surface area (Å²) in [6, 6.07) is 9.72. The number of hydrogen-bond acceptors (Lipinski definition) is 2. The Balaban J connectivity index is 2.52. The largest absolute Gasteiger partial charge is 0.495 e. The van der Waals surface area contributed by atoms with Crippen molar-refractivity contribution >= 4 is 59.4 Å². The summed E-state index contributed by atoms with van der Waals surface area (Å²) in [6.07, 6.45) is 0. The summed E-state index contributed by atoms with van der Waals surface area (Å²) in [5.74, 6) is 1.38. The van der Waals surface area contributed by atoms with E-state index in [9.17, 15) is 0 Å². The smallest absolute Gasteiger partial charge is 0.141 e. The molecule has 21 heavy (non-hydrogen) atoms. The van der Waals surface area contributed by atoms with Crippen molar-refractivity contribution in [2.75, 3.05) is 14.2 Å². The lowest BCUT2D eigenvalue weighted by atomic mass is 10.0. The first-order valence-electron chi connectivity index (χ1n) is 5.98. The van der Waals surface area contributed by atoms with Gasteiger partial charge in [-0.25, -0.2) is 0 Å². The molecule has 0 saturated carbocycles. The van der Waals surface area contributed by atoms with Crippen LogP contribution in [-0.2, 0) is 0 Å². The Kier molecular flexibility index (Phi) is 6.00. The minimum absolute atomic E-state index is 0.337. The molecule has 0 heterocycles. The molecule has 0 saturated heterocycles. The molecule has 0 aliphatic rings. The van der Waals surface area contributed by atoms with Crippen LogP contribution in [0.2, 0.25) is 0 Å². The first-order valence-corrected chi connectivity index (χ1v) is 8.80. The third kappa shape index (κ3) is 3.76. The van der Waals surface area contributed by atoms with Crippen molar-refractivity contribution in [3.63, 3.8) is 0 Å². The van der Waals surface area contributed by atoms with Gasteiger partial charge in [0.1, 0.15) is 16.0 Å². The third-order valence-corrected chi connectivity index (χ3v) is 5.12. The number of rotatable bonds is 4. The third-order valence-electron chi connectivity index (χ3n) is 2.97. The van der Waals surface area contributed by atoms with E-state index in [-0.39, 0.29) is 5.38 Å². The topological polar surface area (TPSA) is 18.5 Å². The number of methoxy groups -OCH3 is 2. The maximum atomic E-state index is 6.64. The van der Waals surface area contributed by atoms with Gasteiger partial charge in [0.25, 0.3) is 0 Å². The van der Waals surface area contributed by atoms with Crippen molar-refractivity contribution in [2.24, 2.45) is 0 Å². The van der Waals surface area contributed by atoms with Gasteiger partial charge in [0.2, 0.25) is 0 Å². The van der Waals surface area contributed by atoms with E-state index in [0.717, 1.165) is 24.5 Å². The van der Waals surface area contributed by atoms with E-state index in [1.54, 1.807) is 14.2 Å². The van der Waals surface area contributed by atoms with E-state index in [1.165, 1.54) is 0 Å². The van der Waals surface area contributed by atoms with Crippen LogP contribution < -0.4 is 9.47 Å². The summed E-state index contributed by atoms with van der Waals surface area (Å²) in [7, 11) is 3.23. The fourth-order valence-electron chi connectivity index (χ4n) is 2.02. The SMILES string of the molecule is COc1ccc(C(Cl)c2cc(Br)cc(Br)c2)c(OC)c1Br. The highest BCUT2D eigenvalue weighted by Crippen LogP contribution is 2.44. The quantitative estimate of drug-likeness (QED) is 0.459. The number of halogens is 4. The molecule has 0 fully saturated rings. The zero-order chi connectivity index (χ0) is 15.6. The van der Waals surface area contributed by atoms with Gasteiger partial charge in [-0.2, -0.15) is 0 Å². The Morgan fingerprint density at radius 2 is 1.57 bits per heavy atom. The molecule has 0 aliphatic heterocycles. The summed E-state index contributed by atoms with van der Waals surface area (Å²) in [5, 5.41) is -0.337. The molecule has 0 aromatic heterocycles. The van der Waals surface area contributed by atoms with Gasteiger partial charge in [-0.05, 0) is 51.8 Å². The van der Waals surface area contributed by atoms with Crippen molar-refractivity contribution in [2.45, 2.75) is 5.38 Å². The molecule has 2 rings (SSSR count). The molecular weight excluding hydrogens is 487 g/mol. The highest BCUT2D eigenvalue weighted by molar-refractivity contribution is 9.11. The Labute approximate surface area is 154 Å². The number of ether oxygens (including phenoxy) is 2. The molecule has 1 unspecified atom stereocenters. The lowest BCUT2D eigenvalue weighted by molar-refractivity contribution is 0.386. The number of hydrogen-bond donors (Lipinski definition) is 0. The molecule has 112 valence electrons. The highest BCUT2D eigenvalue weighted by atomic mass is 79.9. The summed E-state index contributed by atoms with van der Waals surface area (Å²) in [5.41, 5.74) is 1.84. The predicted molar refractivity (Wildman–Crippen MR) is 96.8 cm³/mol. The van der Waals surface area contributed by atoms with Crippen molar-refractivity contribution in [1.82, 2.24) is 0 Å². The molecule has 6 heteroatoms. The van der Waals surface area contributed by atoms with Gasteiger partial charge in [0, 0.05) is 14.5 Å². The van der Waals surface area contributed by atoms with Crippen LogP contribution in [0, 0.1) is 0 Å². The van der Waals surface area contributed by atoms with Gasteiger partial charge in [0.15, 0.2) is 0 Å². The molecule has 2 aromatic carbocycles. The van der Waals surface area contributed by atoms with Crippen LogP contribution in [0.3, 0.4) is 0 Å². The molecule has 2 aromatic rings. The van der Waals surface area contributed by atoms with Crippen molar-refractivity contribution in [3.8, 4) is 11.5 Å². The Bertz CT molecular complexity index is 641.